The highest BCUT2D eigenvalue weighted by molar-refractivity contribution is 5.97. The van der Waals surface area contributed by atoms with E-state index >= 15 is 0 Å². The summed E-state index contributed by atoms with van der Waals surface area (Å²) in [6, 6.07) is 10.9. The normalized spacial score (nSPS) is 13.8. The first kappa shape index (κ1) is 17.8. The van der Waals surface area contributed by atoms with Gasteiger partial charge in [-0.1, -0.05) is 18.2 Å². The summed E-state index contributed by atoms with van der Waals surface area (Å²) in [4.78, 5) is 36.4. The van der Waals surface area contributed by atoms with E-state index < -0.39 is 6.04 Å². The lowest BCUT2D eigenvalue weighted by atomic mass is 10.1. The monoisotopic (exact) mass is 377 g/mol. The number of carbonyl (C=O) groups excluding carboxylic acids is 1. The van der Waals surface area contributed by atoms with Gasteiger partial charge in [0, 0.05) is 17.7 Å². The first-order valence-electron chi connectivity index (χ1n) is 9.10. The second-order valence-electron chi connectivity index (χ2n) is 6.77. The fourth-order valence-corrected chi connectivity index (χ4v) is 3.35. The molecule has 2 aromatic heterocycles. The fraction of sp³-hybridized carbons (Fsp3) is 0.250. The van der Waals surface area contributed by atoms with Crippen molar-refractivity contribution in [3.05, 3.63) is 74.4 Å². The van der Waals surface area contributed by atoms with Crippen LogP contribution >= 0.6 is 0 Å². The van der Waals surface area contributed by atoms with Gasteiger partial charge in [0.25, 0.3) is 11.1 Å². The predicted molar refractivity (Wildman–Crippen MR) is 104 cm³/mol. The molecule has 1 aromatic carbocycles. The molecule has 0 bridgehead atoms. The Bertz CT molecular complexity index is 1140. The first-order chi connectivity index (χ1) is 13.5. The number of H-pyrrole nitrogens is 1. The summed E-state index contributed by atoms with van der Waals surface area (Å²) in [5, 5.41) is 13.6. The third-order valence-corrected chi connectivity index (χ3v) is 4.87. The average molecular weight is 377 g/mol. The molecule has 4 rings (SSSR count). The Labute approximate surface area is 160 Å². The quantitative estimate of drug-likeness (QED) is 0.719. The van der Waals surface area contributed by atoms with Gasteiger partial charge in [0.15, 0.2) is 0 Å². The van der Waals surface area contributed by atoms with E-state index in [2.05, 4.69) is 20.6 Å². The molecule has 8 heteroatoms. The Morgan fingerprint density at radius 1 is 1.18 bits per heavy atom. The van der Waals surface area contributed by atoms with Crippen molar-refractivity contribution in [3.63, 3.8) is 0 Å². The Hall–Kier alpha value is -3.55. The molecule has 1 atom stereocenters. The zero-order valence-electron chi connectivity index (χ0n) is 15.3. The van der Waals surface area contributed by atoms with Crippen LogP contribution in [0.4, 0.5) is 5.69 Å². The highest BCUT2D eigenvalue weighted by Crippen LogP contribution is 2.26. The van der Waals surface area contributed by atoms with Gasteiger partial charge in [-0.3, -0.25) is 14.4 Å². The van der Waals surface area contributed by atoms with Crippen LogP contribution in [0.1, 0.15) is 30.6 Å². The van der Waals surface area contributed by atoms with Crippen LogP contribution in [0, 0.1) is 0 Å². The number of hydrogen-bond donors (Lipinski definition) is 2. The zero-order valence-corrected chi connectivity index (χ0v) is 15.3. The zero-order chi connectivity index (χ0) is 19.7. The number of anilines is 1. The lowest BCUT2D eigenvalue weighted by Gasteiger charge is -2.16. The lowest BCUT2D eigenvalue weighted by molar-refractivity contribution is -0.119. The van der Waals surface area contributed by atoms with E-state index in [0.29, 0.717) is 16.9 Å². The van der Waals surface area contributed by atoms with Crippen LogP contribution < -0.4 is 16.4 Å². The van der Waals surface area contributed by atoms with Crippen molar-refractivity contribution >= 4 is 11.6 Å². The number of aromatic nitrogens is 4. The number of nitrogens with one attached hydrogen (secondary N) is 2. The summed E-state index contributed by atoms with van der Waals surface area (Å²) in [6.07, 6.45) is 2.66. The minimum Gasteiger partial charge on any atom is -0.324 e. The van der Waals surface area contributed by atoms with Crippen molar-refractivity contribution in [2.24, 2.45) is 0 Å². The Morgan fingerprint density at radius 2 is 2.00 bits per heavy atom. The van der Waals surface area contributed by atoms with E-state index in [9.17, 15) is 14.4 Å². The molecule has 8 nitrogen and oxygen atoms in total. The molecule has 0 saturated heterocycles. The molecule has 0 aliphatic heterocycles. The maximum atomic E-state index is 12.8. The van der Waals surface area contributed by atoms with Crippen molar-refractivity contribution < 1.29 is 4.79 Å². The summed E-state index contributed by atoms with van der Waals surface area (Å²) in [7, 11) is 0. The van der Waals surface area contributed by atoms with Gasteiger partial charge in [-0.05, 0) is 43.9 Å². The second kappa shape index (κ2) is 7.22. The van der Waals surface area contributed by atoms with E-state index in [0.717, 1.165) is 30.5 Å². The third kappa shape index (κ3) is 3.36. The van der Waals surface area contributed by atoms with Gasteiger partial charge >= 0.3 is 0 Å². The van der Waals surface area contributed by atoms with Crippen molar-refractivity contribution in [1.82, 2.24) is 20.0 Å². The minimum absolute atomic E-state index is 0.279. The van der Waals surface area contributed by atoms with Gasteiger partial charge in [0.1, 0.15) is 6.04 Å². The summed E-state index contributed by atoms with van der Waals surface area (Å²) in [5.41, 5.74) is 3.00. The van der Waals surface area contributed by atoms with Crippen LogP contribution in [0.3, 0.4) is 0 Å². The smallest absolute Gasteiger partial charge is 0.267 e. The van der Waals surface area contributed by atoms with Gasteiger partial charge in [0.2, 0.25) is 5.91 Å². The number of aryl methyl sites for hydroxylation is 2. The van der Waals surface area contributed by atoms with Crippen LogP contribution in [-0.2, 0) is 17.6 Å². The fourth-order valence-electron chi connectivity index (χ4n) is 3.35. The van der Waals surface area contributed by atoms with Gasteiger partial charge in [-0.15, -0.1) is 0 Å². The van der Waals surface area contributed by atoms with Crippen LogP contribution in [0.25, 0.3) is 11.3 Å². The van der Waals surface area contributed by atoms with Gasteiger partial charge in [-0.2, -0.15) is 10.2 Å². The molecule has 1 unspecified atom stereocenters. The van der Waals surface area contributed by atoms with Crippen LogP contribution in [-0.4, -0.2) is 25.9 Å². The largest absolute Gasteiger partial charge is 0.324 e. The van der Waals surface area contributed by atoms with E-state index in [1.165, 1.54) is 10.7 Å². The van der Waals surface area contributed by atoms with Crippen molar-refractivity contribution in [2.75, 3.05) is 5.32 Å². The topological polar surface area (TPSA) is 110 Å². The molecule has 2 heterocycles. The molecule has 0 saturated carbocycles. The van der Waals surface area contributed by atoms with Gasteiger partial charge < -0.3 is 5.32 Å². The molecular weight excluding hydrogens is 358 g/mol. The number of nitrogens with zero attached hydrogens (tertiary/aromatic N) is 3. The molecule has 142 valence electrons. The number of hydrogen-bond acceptors (Lipinski definition) is 5. The standard InChI is InChI=1S/C20H19N5O3/c1-12(25-19(27)11-13-5-4-8-15(13)24-25)20(28)21-16-7-3-2-6-14(16)17-9-10-18(26)23-22-17/h2-3,6-7,9-12H,4-5,8H2,1H3,(H,21,28)(H,23,26). The van der Waals surface area contributed by atoms with E-state index in [1.807, 2.05) is 6.07 Å². The van der Waals surface area contributed by atoms with E-state index in [-0.39, 0.29) is 17.0 Å². The lowest BCUT2D eigenvalue weighted by Crippen LogP contribution is -2.34. The third-order valence-electron chi connectivity index (χ3n) is 4.87. The number of para-hydroxylation sites is 1. The number of benzene rings is 1. The SMILES string of the molecule is CC(C(=O)Nc1ccccc1-c1ccc(=O)[nH]n1)n1nc2c(cc1=O)CCC2. The second-order valence-corrected chi connectivity index (χ2v) is 6.77. The number of aromatic amines is 1. The van der Waals surface area contributed by atoms with Crippen molar-refractivity contribution in [1.29, 1.82) is 0 Å². The number of rotatable bonds is 4. The predicted octanol–water partition coefficient (Wildman–Crippen LogP) is 1.68. The first-order valence-corrected chi connectivity index (χ1v) is 9.10. The molecule has 0 spiro atoms. The van der Waals surface area contributed by atoms with Crippen molar-refractivity contribution in [3.8, 4) is 11.3 Å². The maximum absolute atomic E-state index is 12.8. The average Bonchev–Trinajstić information content (AvgIpc) is 3.15. The molecule has 28 heavy (non-hydrogen) atoms. The molecule has 0 radical (unpaired) electrons. The Kier molecular flexibility index (Phi) is 4.60. The van der Waals surface area contributed by atoms with Crippen LogP contribution in [0.15, 0.2) is 52.1 Å². The maximum Gasteiger partial charge on any atom is 0.267 e. The molecule has 1 aliphatic rings. The molecule has 0 fully saturated rings. The molecular formula is C20H19N5O3. The molecule has 1 amide bonds. The molecule has 1 aliphatic carbocycles. The number of carbonyl (C=O) groups is 1. The Balaban J connectivity index is 1.62. The summed E-state index contributed by atoms with van der Waals surface area (Å²) >= 11 is 0. The summed E-state index contributed by atoms with van der Waals surface area (Å²) in [6.45, 7) is 1.64. The molecule has 3 aromatic rings. The van der Waals surface area contributed by atoms with Crippen LogP contribution in [0.5, 0.6) is 0 Å². The highest BCUT2D eigenvalue weighted by atomic mass is 16.2. The number of amides is 1. The van der Waals surface area contributed by atoms with Gasteiger partial charge in [-0.25, -0.2) is 9.78 Å². The van der Waals surface area contributed by atoms with Crippen molar-refractivity contribution in [2.45, 2.75) is 32.2 Å². The summed E-state index contributed by atoms with van der Waals surface area (Å²) < 4.78 is 1.24. The molecule has 2 N–H and O–H groups in total. The van der Waals surface area contributed by atoms with E-state index in [4.69, 9.17) is 0 Å². The number of fused-ring (bicyclic) bond motifs is 1. The van der Waals surface area contributed by atoms with Crippen LogP contribution in [0.2, 0.25) is 0 Å². The summed E-state index contributed by atoms with van der Waals surface area (Å²) in [5.74, 6) is -0.357. The minimum atomic E-state index is -0.769. The Morgan fingerprint density at radius 3 is 2.79 bits per heavy atom. The van der Waals surface area contributed by atoms with E-state index in [1.54, 1.807) is 37.3 Å². The highest BCUT2D eigenvalue weighted by Gasteiger charge is 2.22. The van der Waals surface area contributed by atoms with Gasteiger partial charge in [0.05, 0.1) is 17.1 Å².